The largest absolute Gasteiger partial charge is 0.478 e. The summed E-state index contributed by atoms with van der Waals surface area (Å²) in [4.78, 5) is 12.9. The first kappa shape index (κ1) is 15.6. The SMILES string of the molecule is COCCN(CCO)c1c(Cl)cc(N)cc1C(=O)O. The lowest BCUT2D eigenvalue weighted by Crippen LogP contribution is -2.32. The monoisotopic (exact) mass is 288 g/mol. The molecule has 0 heterocycles. The maximum Gasteiger partial charge on any atom is 0.337 e. The Kier molecular flexibility index (Phi) is 5.88. The van der Waals surface area contributed by atoms with Crippen molar-refractivity contribution in [2.24, 2.45) is 0 Å². The van der Waals surface area contributed by atoms with Gasteiger partial charge < -0.3 is 25.6 Å². The number of nitrogen functional groups attached to an aromatic ring is 1. The standard InChI is InChI=1S/C12H17ClN2O4/c1-19-5-3-15(2-4-16)11-9(12(17)18)6-8(14)7-10(11)13/h6-7,16H,2-5,14H2,1H3,(H,17,18). The van der Waals surface area contributed by atoms with Crippen LogP contribution in [0.4, 0.5) is 11.4 Å². The normalized spacial score (nSPS) is 10.5. The minimum absolute atomic E-state index is 0.00885. The van der Waals surface area contributed by atoms with Gasteiger partial charge in [0.05, 0.1) is 29.5 Å². The number of nitrogens with two attached hydrogens (primary N) is 1. The van der Waals surface area contributed by atoms with E-state index in [0.717, 1.165) is 0 Å². The second-order valence-electron chi connectivity index (χ2n) is 3.91. The Morgan fingerprint density at radius 2 is 2.16 bits per heavy atom. The summed E-state index contributed by atoms with van der Waals surface area (Å²) in [5.74, 6) is -1.12. The number of carbonyl (C=O) groups is 1. The van der Waals surface area contributed by atoms with Crippen LogP contribution in [0.5, 0.6) is 0 Å². The first-order valence-electron chi connectivity index (χ1n) is 5.68. The van der Waals surface area contributed by atoms with Crippen molar-refractivity contribution in [3.8, 4) is 0 Å². The average molecular weight is 289 g/mol. The van der Waals surface area contributed by atoms with Crippen molar-refractivity contribution in [1.29, 1.82) is 0 Å². The van der Waals surface area contributed by atoms with E-state index in [-0.39, 0.29) is 29.4 Å². The first-order chi connectivity index (χ1) is 9.01. The molecular weight excluding hydrogens is 272 g/mol. The highest BCUT2D eigenvalue weighted by Gasteiger charge is 2.20. The van der Waals surface area contributed by atoms with E-state index < -0.39 is 5.97 Å². The quantitative estimate of drug-likeness (QED) is 0.650. The number of hydrogen-bond donors (Lipinski definition) is 3. The van der Waals surface area contributed by atoms with Crippen LogP contribution >= 0.6 is 11.6 Å². The molecule has 7 heteroatoms. The van der Waals surface area contributed by atoms with Gasteiger partial charge in [0.1, 0.15) is 0 Å². The number of carboxylic acids is 1. The number of halogens is 1. The van der Waals surface area contributed by atoms with Crippen LogP contribution in [-0.2, 0) is 4.74 Å². The van der Waals surface area contributed by atoms with Gasteiger partial charge in [-0.05, 0) is 12.1 Å². The third kappa shape index (κ3) is 3.99. The number of aliphatic hydroxyl groups is 1. The molecule has 0 atom stereocenters. The zero-order valence-corrected chi connectivity index (χ0v) is 11.4. The minimum atomic E-state index is -1.12. The number of aromatic carboxylic acids is 1. The van der Waals surface area contributed by atoms with Crippen LogP contribution in [0, 0.1) is 0 Å². The third-order valence-corrected chi connectivity index (χ3v) is 2.86. The Bertz CT molecular complexity index is 454. The number of ether oxygens (including phenoxy) is 1. The number of nitrogens with zero attached hydrogens (tertiary/aromatic N) is 1. The molecule has 0 saturated heterocycles. The molecule has 106 valence electrons. The van der Waals surface area contributed by atoms with Crippen molar-refractivity contribution in [3.63, 3.8) is 0 Å². The Balaban J connectivity index is 3.23. The number of anilines is 2. The molecule has 0 radical (unpaired) electrons. The van der Waals surface area contributed by atoms with Gasteiger partial charge in [-0.1, -0.05) is 11.6 Å². The molecule has 0 amide bonds. The Morgan fingerprint density at radius 3 is 2.68 bits per heavy atom. The van der Waals surface area contributed by atoms with Crippen LogP contribution in [0.3, 0.4) is 0 Å². The van der Waals surface area contributed by atoms with Crippen LogP contribution in [-0.4, -0.2) is 49.6 Å². The summed E-state index contributed by atoms with van der Waals surface area (Å²) in [7, 11) is 1.54. The predicted molar refractivity (Wildman–Crippen MR) is 74.0 cm³/mol. The molecule has 1 aromatic rings. The molecule has 1 aromatic carbocycles. The van der Waals surface area contributed by atoms with Gasteiger partial charge in [0.25, 0.3) is 0 Å². The highest BCUT2D eigenvalue weighted by molar-refractivity contribution is 6.34. The molecule has 0 spiro atoms. The molecule has 0 fully saturated rings. The minimum Gasteiger partial charge on any atom is -0.478 e. The summed E-state index contributed by atoms with van der Waals surface area (Å²) in [6, 6.07) is 2.83. The maximum atomic E-state index is 11.3. The van der Waals surface area contributed by atoms with Gasteiger partial charge in [-0.3, -0.25) is 0 Å². The van der Waals surface area contributed by atoms with E-state index in [4.69, 9.17) is 27.2 Å². The molecule has 1 rings (SSSR count). The molecule has 6 nitrogen and oxygen atoms in total. The van der Waals surface area contributed by atoms with Gasteiger partial charge in [-0.15, -0.1) is 0 Å². The van der Waals surface area contributed by atoms with E-state index >= 15 is 0 Å². The number of methoxy groups -OCH3 is 1. The number of hydrogen-bond acceptors (Lipinski definition) is 5. The maximum absolute atomic E-state index is 11.3. The molecular formula is C12H17ClN2O4. The van der Waals surface area contributed by atoms with Crippen molar-refractivity contribution >= 4 is 28.9 Å². The number of aliphatic hydroxyl groups excluding tert-OH is 1. The lowest BCUT2D eigenvalue weighted by atomic mass is 10.1. The summed E-state index contributed by atoms with van der Waals surface area (Å²) in [5.41, 5.74) is 6.23. The number of rotatable bonds is 7. The summed E-state index contributed by atoms with van der Waals surface area (Å²) in [6.07, 6.45) is 0. The highest BCUT2D eigenvalue weighted by Crippen LogP contribution is 2.32. The second kappa shape index (κ2) is 7.18. The summed E-state index contributed by atoms with van der Waals surface area (Å²) < 4.78 is 4.97. The van der Waals surface area contributed by atoms with Gasteiger partial charge in [-0.25, -0.2) is 4.79 Å². The van der Waals surface area contributed by atoms with Crippen molar-refractivity contribution in [1.82, 2.24) is 0 Å². The first-order valence-corrected chi connectivity index (χ1v) is 6.06. The zero-order valence-electron chi connectivity index (χ0n) is 10.6. The van der Waals surface area contributed by atoms with Crippen LogP contribution in [0.25, 0.3) is 0 Å². The third-order valence-electron chi connectivity index (χ3n) is 2.57. The zero-order chi connectivity index (χ0) is 14.4. The number of benzene rings is 1. The summed E-state index contributed by atoms with van der Waals surface area (Å²) in [5, 5.41) is 18.5. The van der Waals surface area contributed by atoms with E-state index in [1.807, 2.05) is 0 Å². The highest BCUT2D eigenvalue weighted by atomic mass is 35.5. The van der Waals surface area contributed by atoms with Gasteiger partial charge in [0, 0.05) is 25.9 Å². The molecule has 4 N–H and O–H groups in total. The molecule has 19 heavy (non-hydrogen) atoms. The Hall–Kier alpha value is -1.50. The fourth-order valence-electron chi connectivity index (χ4n) is 1.76. The van der Waals surface area contributed by atoms with E-state index in [0.29, 0.717) is 18.8 Å². The van der Waals surface area contributed by atoms with E-state index in [9.17, 15) is 9.90 Å². The molecule has 0 aliphatic carbocycles. The van der Waals surface area contributed by atoms with Crippen LogP contribution < -0.4 is 10.6 Å². The fourth-order valence-corrected chi connectivity index (χ4v) is 2.11. The van der Waals surface area contributed by atoms with E-state index in [1.54, 1.807) is 12.0 Å². The molecule has 0 aromatic heterocycles. The lowest BCUT2D eigenvalue weighted by Gasteiger charge is -2.26. The van der Waals surface area contributed by atoms with Crippen LogP contribution in [0.15, 0.2) is 12.1 Å². The fraction of sp³-hybridized carbons (Fsp3) is 0.417. The molecule has 0 unspecified atom stereocenters. The van der Waals surface area contributed by atoms with E-state index in [2.05, 4.69) is 0 Å². The van der Waals surface area contributed by atoms with Crippen LogP contribution in [0.2, 0.25) is 5.02 Å². The van der Waals surface area contributed by atoms with Gasteiger partial charge in [0.2, 0.25) is 0 Å². The second-order valence-corrected chi connectivity index (χ2v) is 4.31. The smallest absolute Gasteiger partial charge is 0.337 e. The summed E-state index contributed by atoms with van der Waals surface area (Å²) in [6.45, 7) is 0.942. The number of carboxylic acid groups (broad SMARTS) is 1. The van der Waals surface area contributed by atoms with Gasteiger partial charge >= 0.3 is 5.97 Å². The molecule has 0 aliphatic rings. The molecule has 0 saturated carbocycles. The van der Waals surface area contributed by atoms with Gasteiger partial charge in [0.15, 0.2) is 0 Å². The van der Waals surface area contributed by atoms with Gasteiger partial charge in [-0.2, -0.15) is 0 Å². The lowest BCUT2D eigenvalue weighted by molar-refractivity contribution is 0.0697. The Morgan fingerprint density at radius 1 is 1.47 bits per heavy atom. The van der Waals surface area contributed by atoms with E-state index in [1.165, 1.54) is 12.1 Å². The topological polar surface area (TPSA) is 96.0 Å². The van der Waals surface area contributed by atoms with Crippen molar-refractivity contribution in [3.05, 3.63) is 22.7 Å². The summed E-state index contributed by atoms with van der Waals surface area (Å²) >= 11 is 6.08. The van der Waals surface area contributed by atoms with Crippen molar-refractivity contribution in [2.75, 3.05) is 44.0 Å². The predicted octanol–water partition coefficient (Wildman–Crippen LogP) is 1.07. The Labute approximate surface area is 116 Å². The molecule has 0 bridgehead atoms. The van der Waals surface area contributed by atoms with Crippen molar-refractivity contribution in [2.45, 2.75) is 0 Å². The molecule has 0 aliphatic heterocycles. The van der Waals surface area contributed by atoms with Crippen LogP contribution in [0.1, 0.15) is 10.4 Å². The van der Waals surface area contributed by atoms with Crippen molar-refractivity contribution < 1.29 is 19.7 Å². The average Bonchev–Trinajstić information content (AvgIpc) is 2.34.